The van der Waals surface area contributed by atoms with Crippen LogP contribution >= 0.6 is 0 Å². The van der Waals surface area contributed by atoms with Crippen molar-refractivity contribution >= 4 is 11.6 Å². The highest BCUT2D eigenvalue weighted by molar-refractivity contribution is 5.85. The lowest BCUT2D eigenvalue weighted by Gasteiger charge is -2.22. The average molecular weight is 180 g/mol. The van der Waals surface area contributed by atoms with Crippen LogP contribution in [0.1, 0.15) is 26.2 Å². The molecule has 0 N–H and O–H groups in total. The summed E-state index contributed by atoms with van der Waals surface area (Å²) in [6.07, 6.45) is 1.77. The van der Waals surface area contributed by atoms with Gasteiger partial charge in [-0.3, -0.25) is 9.69 Å². The summed E-state index contributed by atoms with van der Waals surface area (Å²) < 4.78 is 0. The largest absolute Gasteiger partial charge is 0.370 e. The van der Waals surface area contributed by atoms with Crippen LogP contribution in [0.15, 0.2) is 17.4 Å². The summed E-state index contributed by atoms with van der Waals surface area (Å²) in [6, 6.07) is 0. The zero-order valence-corrected chi connectivity index (χ0v) is 7.62. The van der Waals surface area contributed by atoms with Gasteiger partial charge in [0.2, 0.25) is 12.1 Å². The molecule has 13 heavy (non-hydrogen) atoms. The Kier molecular flexibility index (Phi) is 1.83. The van der Waals surface area contributed by atoms with Crippen molar-refractivity contribution in [3.8, 4) is 0 Å². The summed E-state index contributed by atoms with van der Waals surface area (Å²) in [6.45, 7) is 5.72. The Bertz CT molecular complexity index is 280. The third kappa shape index (κ3) is 1.32. The molecular weight excluding hydrogens is 168 g/mol. The lowest BCUT2D eigenvalue weighted by Crippen LogP contribution is -2.34. The van der Waals surface area contributed by atoms with E-state index in [1.54, 1.807) is 4.90 Å². The van der Waals surface area contributed by atoms with Crippen molar-refractivity contribution in [2.45, 2.75) is 32.4 Å². The zero-order chi connectivity index (χ0) is 9.42. The molecule has 1 atom stereocenters. The lowest BCUT2D eigenvalue weighted by atomic mass is 10.2. The van der Waals surface area contributed by atoms with Crippen LogP contribution in [0.3, 0.4) is 0 Å². The molecule has 4 heteroatoms. The van der Waals surface area contributed by atoms with Crippen LogP contribution in [-0.2, 0) is 9.63 Å². The molecule has 0 aromatic rings. The van der Waals surface area contributed by atoms with E-state index in [-0.39, 0.29) is 12.1 Å². The Labute approximate surface area is 76.8 Å². The molecule has 0 aromatic carbocycles. The molecule has 1 amide bonds. The molecule has 2 aliphatic rings. The standard InChI is InChI=1S/C9H12N2O2/c1-6-5-9(13-10-6)11-7(2)3-4-8(11)12/h9H,2-5H2,1H3. The van der Waals surface area contributed by atoms with Gasteiger partial charge < -0.3 is 4.84 Å². The van der Waals surface area contributed by atoms with E-state index in [1.165, 1.54) is 0 Å². The highest BCUT2D eigenvalue weighted by Crippen LogP contribution is 2.27. The normalized spacial score (nSPS) is 27.9. The maximum Gasteiger partial charge on any atom is 0.230 e. The molecule has 2 aliphatic heterocycles. The number of rotatable bonds is 1. The Hall–Kier alpha value is -1.32. The number of carbonyl (C=O) groups is 1. The van der Waals surface area contributed by atoms with Crippen LogP contribution in [0.5, 0.6) is 0 Å². The van der Waals surface area contributed by atoms with E-state index in [9.17, 15) is 4.79 Å². The number of amides is 1. The van der Waals surface area contributed by atoms with Gasteiger partial charge in [-0.25, -0.2) is 0 Å². The van der Waals surface area contributed by atoms with E-state index in [0.29, 0.717) is 12.8 Å². The molecule has 0 radical (unpaired) electrons. The molecule has 1 unspecified atom stereocenters. The van der Waals surface area contributed by atoms with Crippen molar-refractivity contribution in [2.24, 2.45) is 5.16 Å². The monoisotopic (exact) mass is 180 g/mol. The van der Waals surface area contributed by atoms with Gasteiger partial charge in [0.25, 0.3) is 0 Å². The number of nitrogens with zero attached hydrogens (tertiary/aromatic N) is 2. The molecule has 2 heterocycles. The number of hydrogen-bond acceptors (Lipinski definition) is 3. The fraction of sp³-hybridized carbons (Fsp3) is 0.556. The summed E-state index contributed by atoms with van der Waals surface area (Å²) in [5.74, 6) is 0.0971. The Morgan fingerprint density at radius 1 is 1.62 bits per heavy atom. The first-order valence-electron chi connectivity index (χ1n) is 4.37. The fourth-order valence-electron chi connectivity index (χ4n) is 1.65. The molecular formula is C9H12N2O2. The number of oxime groups is 1. The molecule has 4 nitrogen and oxygen atoms in total. The minimum atomic E-state index is -0.234. The predicted octanol–water partition coefficient (Wildman–Crippen LogP) is 1.24. The van der Waals surface area contributed by atoms with Gasteiger partial charge in [-0.1, -0.05) is 11.7 Å². The molecule has 2 rings (SSSR count). The van der Waals surface area contributed by atoms with E-state index in [0.717, 1.165) is 17.8 Å². The van der Waals surface area contributed by atoms with Crippen molar-refractivity contribution in [2.75, 3.05) is 0 Å². The molecule has 0 spiro atoms. The summed E-state index contributed by atoms with van der Waals surface area (Å²) in [4.78, 5) is 18.2. The summed E-state index contributed by atoms with van der Waals surface area (Å²) in [7, 11) is 0. The lowest BCUT2D eigenvalue weighted by molar-refractivity contribution is -0.136. The number of likely N-dealkylation sites (tertiary alicyclic amines) is 1. The third-order valence-corrected chi connectivity index (χ3v) is 2.33. The minimum absolute atomic E-state index is 0.0971. The van der Waals surface area contributed by atoms with Crippen LogP contribution in [0.25, 0.3) is 0 Å². The molecule has 0 saturated carbocycles. The molecule has 0 bridgehead atoms. The quantitative estimate of drug-likeness (QED) is 0.609. The number of carbonyl (C=O) groups excluding carboxylic acids is 1. The van der Waals surface area contributed by atoms with Crippen LogP contribution in [0, 0.1) is 0 Å². The Morgan fingerprint density at radius 3 is 2.85 bits per heavy atom. The first-order chi connectivity index (χ1) is 6.18. The van der Waals surface area contributed by atoms with Crippen LogP contribution in [0.2, 0.25) is 0 Å². The highest BCUT2D eigenvalue weighted by atomic mass is 16.7. The average Bonchev–Trinajstić information content (AvgIpc) is 2.60. The van der Waals surface area contributed by atoms with Gasteiger partial charge in [-0.05, 0) is 13.3 Å². The van der Waals surface area contributed by atoms with Gasteiger partial charge in [0.1, 0.15) is 0 Å². The van der Waals surface area contributed by atoms with Gasteiger partial charge in [0, 0.05) is 18.5 Å². The second-order valence-electron chi connectivity index (χ2n) is 3.42. The van der Waals surface area contributed by atoms with E-state index in [1.807, 2.05) is 6.92 Å². The first kappa shape index (κ1) is 8.29. The molecule has 70 valence electrons. The third-order valence-electron chi connectivity index (χ3n) is 2.33. The van der Waals surface area contributed by atoms with Crippen LogP contribution < -0.4 is 0 Å². The number of allylic oxidation sites excluding steroid dienone is 1. The zero-order valence-electron chi connectivity index (χ0n) is 7.62. The molecule has 1 fully saturated rings. The van der Waals surface area contributed by atoms with E-state index >= 15 is 0 Å². The molecule has 1 saturated heterocycles. The molecule has 0 aromatic heterocycles. The van der Waals surface area contributed by atoms with Crippen molar-refractivity contribution in [1.29, 1.82) is 0 Å². The van der Waals surface area contributed by atoms with E-state index in [2.05, 4.69) is 11.7 Å². The van der Waals surface area contributed by atoms with Crippen molar-refractivity contribution in [3.05, 3.63) is 12.3 Å². The van der Waals surface area contributed by atoms with Gasteiger partial charge >= 0.3 is 0 Å². The van der Waals surface area contributed by atoms with Crippen molar-refractivity contribution in [1.82, 2.24) is 4.90 Å². The van der Waals surface area contributed by atoms with Crippen LogP contribution in [-0.4, -0.2) is 22.7 Å². The summed E-state index contributed by atoms with van der Waals surface area (Å²) in [5, 5.41) is 3.81. The van der Waals surface area contributed by atoms with Gasteiger partial charge in [-0.2, -0.15) is 0 Å². The highest BCUT2D eigenvalue weighted by Gasteiger charge is 2.34. The maximum atomic E-state index is 11.4. The van der Waals surface area contributed by atoms with Gasteiger partial charge in [0.15, 0.2) is 0 Å². The van der Waals surface area contributed by atoms with E-state index in [4.69, 9.17) is 4.84 Å². The summed E-state index contributed by atoms with van der Waals surface area (Å²) in [5.41, 5.74) is 1.78. The van der Waals surface area contributed by atoms with E-state index < -0.39 is 0 Å². The van der Waals surface area contributed by atoms with Gasteiger partial charge in [-0.15, -0.1) is 0 Å². The SMILES string of the molecule is C=C1CCC(=O)N1C1CC(C)=NO1. The second kappa shape index (κ2) is 2.87. The predicted molar refractivity (Wildman–Crippen MR) is 47.8 cm³/mol. The van der Waals surface area contributed by atoms with Crippen molar-refractivity contribution < 1.29 is 9.63 Å². The number of hydrogen-bond donors (Lipinski definition) is 0. The van der Waals surface area contributed by atoms with Gasteiger partial charge in [0.05, 0.1) is 5.71 Å². The smallest absolute Gasteiger partial charge is 0.230 e. The minimum Gasteiger partial charge on any atom is -0.370 e. The second-order valence-corrected chi connectivity index (χ2v) is 3.42. The maximum absolute atomic E-state index is 11.4. The topological polar surface area (TPSA) is 41.9 Å². The fourth-order valence-corrected chi connectivity index (χ4v) is 1.65. The molecule has 0 aliphatic carbocycles. The first-order valence-corrected chi connectivity index (χ1v) is 4.37. The van der Waals surface area contributed by atoms with Crippen LogP contribution in [0.4, 0.5) is 0 Å². The summed E-state index contributed by atoms with van der Waals surface area (Å²) >= 11 is 0. The Balaban J connectivity index is 2.09. The Morgan fingerprint density at radius 2 is 2.38 bits per heavy atom. The van der Waals surface area contributed by atoms with Crippen molar-refractivity contribution in [3.63, 3.8) is 0 Å².